The molecular weight excluding hydrogens is 152 g/mol. The summed E-state index contributed by atoms with van der Waals surface area (Å²) in [6, 6.07) is 0. The van der Waals surface area contributed by atoms with Crippen LogP contribution in [0.15, 0.2) is 0 Å². The fourth-order valence-corrected chi connectivity index (χ4v) is 0.789. The van der Waals surface area contributed by atoms with Crippen LogP contribution in [0, 0.1) is 5.92 Å². The van der Waals surface area contributed by atoms with E-state index in [4.69, 9.17) is 0 Å². The number of ether oxygens (including phenoxy) is 1. The normalized spacial score (nSPS) is 8.80. The molecule has 2 nitrogen and oxygen atoms in total. The minimum atomic E-state index is -0.0833. The number of methoxy groups -OCH3 is 1. The van der Waals surface area contributed by atoms with Crippen LogP contribution in [0.4, 0.5) is 0 Å². The van der Waals surface area contributed by atoms with Gasteiger partial charge in [-0.05, 0) is 12.8 Å². The second-order valence-electron chi connectivity index (χ2n) is 2.04. The maximum atomic E-state index is 10.8. The lowest BCUT2D eigenvalue weighted by Crippen LogP contribution is -2.13. The third kappa shape index (κ3) is 3.72. The number of hydrogen-bond acceptors (Lipinski definition) is 2. The third-order valence-corrected chi connectivity index (χ3v) is 1.52. The second-order valence-corrected chi connectivity index (χ2v) is 2.04. The Morgan fingerprint density at radius 2 is 1.80 bits per heavy atom. The van der Waals surface area contributed by atoms with Gasteiger partial charge in [-0.15, -0.1) is 12.4 Å². The highest BCUT2D eigenvalue weighted by atomic mass is 35.5. The van der Waals surface area contributed by atoms with E-state index < -0.39 is 0 Å². The minimum Gasteiger partial charge on any atom is -0.469 e. The molecule has 0 fully saturated rings. The highest BCUT2D eigenvalue weighted by Gasteiger charge is 2.12. The van der Waals surface area contributed by atoms with Gasteiger partial charge in [-0.25, -0.2) is 0 Å². The molecule has 0 atom stereocenters. The van der Waals surface area contributed by atoms with Gasteiger partial charge in [-0.2, -0.15) is 0 Å². The lowest BCUT2D eigenvalue weighted by atomic mass is 10.0. The van der Waals surface area contributed by atoms with Crippen LogP contribution in [0.3, 0.4) is 0 Å². The van der Waals surface area contributed by atoms with Crippen molar-refractivity contribution in [1.82, 2.24) is 0 Å². The summed E-state index contributed by atoms with van der Waals surface area (Å²) in [6.45, 7) is 3.98. The summed E-state index contributed by atoms with van der Waals surface area (Å²) in [5.74, 6) is 0.0231. The quantitative estimate of drug-likeness (QED) is 0.600. The molecule has 0 heterocycles. The number of rotatable bonds is 3. The summed E-state index contributed by atoms with van der Waals surface area (Å²) in [5, 5.41) is 0. The predicted octanol–water partition coefficient (Wildman–Crippen LogP) is 2.02. The molecule has 0 bridgehead atoms. The fraction of sp³-hybridized carbons (Fsp3) is 0.857. The van der Waals surface area contributed by atoms with Gasteiger partial charge in [0, 0.05) is 0 Å². The molecule has 0 aromatic heterocycles. The average molecular weight is 167 g/mol. The Balaban J connectivity index is 0. The Morgan fingerprint density at radius 3 is 1.90 bits per heavy atom. The number of hydrogen-bond donors (Lipinski definition) is 0. The monoisotopic (exact) mass is 166 g/mol. The van der Waals surface area contributed by atoms with E-state index in [0.717, 1.165) is 12.8 Å². The molecule has 0 aromatic carbocycles. The molecule has 0 radical (unpaired) electrons. The van der Waals surface area contributed by atoms with Gasteiger partial charge in [0.1, 0.15) is 0 Å². The maximum absolute atomic E-state index is 10.8. The number of carbonyl (C=O) groups is 1. The first-order chi connectivity index (χ1) is 4.26. The molecule has 0 spiro atoms. The van der Waals surface area contributed by atoms with Crippen molar-refractivity contribution < 1.29 is 9.53 Å². The topological polar surface area (TPSA) is 26.3 Å². The number of halogens is 1. The first-order valence-corrected chi connectivity index (χ1v) is 3.34. The highest BCUT2D eigenvalue weighted by molar-refractivity contribution is 5.85. The van der Waals surface area contributed by atoms with Crippen molar-refractivity contribution in [3.05, 3.63) is 0 Å². The van der Waals surface area contributed by atoms with E-state index in [9.17, 15) is 4.79 Å². The fourth-order valence-electron chi connectivity index (χ4n) is 0.789. The number of esters is 1. The first-order valence-electron chi connectivity index (χ1n) is 3.34. The van der Waals surface area contributed by atoms with Gasteiger partial charge in [-0.1, -0.05) is 13.8 Å². The molecule has 0 aliphatic rings. The molecule has 0 saturated heterocycles. The summed E-state index contributed by atoms with van der Waals surface area (Å²) in [5.41, 5.74) is 0. The van der Waals surface area contributed by atoms with Gasteiger partial charge >= 0.3 is 5.97 Å². The van der Waals surface area contributed by atoms with Crippen LogP contribution < -0.4 is 0 Å². The Kier molecular flexibility index (Phi) is 8.55. The van der Waals surface area contributed by atoms with Gasteiger partial charge < -0.3 is 4.74 Å². The Labute approximate surface area is 68.4 Å². The standard InChI is InChI=1S/C7H14O2.ClH/c1-4-6(5-2)7(8)9-3;/h6H,4-5H2,1-3H3;1H. The van der Waals surface area contributed by atoms with Crippen LogP contribution in [0.5, 0.6) is 0 Å². The Hall–Kier alpha value is -0.240. The molecule has 3 heteroatoms. The lowest BCUT2D eigenvalue weighted by molar-refractivity contribution is -0.145. The molecule has 0 unspecified atom stereocenters. The molecule has 0 N–H and O–H groups in total. The zero-order valence-electron chi connectivity index (χ0n) is 6.72. The van der Waals surface area contributed by atoms with Crippen molar-refractivity contribution in [1.29, 1.82) is 0 Å². The molecule has 0 amide bonds. The van der Waals surface area contributed by atoms with Crippen molar-refractivity contribution in [2.75, 3.05) is 7.11 Å². The van der Waals surface area contributed by atoms with Gasteiger partial charge in [0.15, 0.2) is 0 Å². The van der Waals surface area contributed by atoms with E-state index in [1.54, 1.807) is 0 Å². The molecule has 0 saturated carbocycles. The zero-order chi connectivity index (χ0) is 7.28. The molecule has 0 aromatic rings. The third-order valence-electron chi connectivity index (χ3n) is 1.52. The SMILES string of the molecule is CCC(CC)C(=O)OC.Cl. The maximum Gasteiger partial charge on any atom is 0.308 e. The van der Waals surface area contributed by atoms with Crippen LogP contribution in [-0.4, -0.2) is 13.1 Å². The van der Waals surface area contributed by atoms with Crippen LogP contribution in [0.1, 0.15) is 26.7 Å². The molecule has 62 valence electrons. The second kappa shape index (κ2) is 6.87. The highest BCUT2D eigenvalue weighted by Crippen LogP contribution is 2.08. The van der Waals surface area contributed by atoms with E-state index in [2.05, 4.69) is 4.74 Å². The van der Waals surface area contributed by atoms with Crippen LogP contribution in [0.25, 0.3) is 0 Å². The van der Waals surface area contributed by atoms with Gasteiger partial charge in [0.2, 0.25) is 0 Å². The van der Waals surface area contributed by atoms with Gasteiger partial charge in [-0.3, -0.25) is 4.79 Å². The molecule has 0 aliphatic carbocycles. The van der Waals surface area contributed by atoms with Crippen molar-refractivity contribution in [2.45, 2.75) is 26.7 Å². The van der Waals surface area contributed by atoms with Crippen LogP contribution in [0.2, 0.25) is 0 Å². The van der Waals surface area contributed by atoms with Crippen molar-refractivity contribution in [3.63, 3.8) is 0 Å². The predicted molar refractivity (Wildman–Crippen MR) is 43.3 cm³/mol. The van der Waals surface area contributed by atoms with E-state index >= 15 is 0 Å². The average Bonchev–Trinajstić information content (AvgIpc) is 1.90. The smallest absolute Gasteiger partial charge is 0.308 e. The van der Waals surface area contributed by atoms with Crippen LogP contribution in [-0.2, 0) is 9.53 Å². The van der Waals surface area contributed by atoms with Crippen molar-refractivity contribution in [3.8, 4) is 0 Å². The largest absolute Gasteiger partial charge is 0.469 e. The molecule has 0 rings (SSSR count). The van der Waals surface area contributed by atoms with E-state index in [0.29, 0.717) is 0 Å². The van der Waals surface area contributed by atoms with Crippen molar-refractivity contribution >= 4 is 18.4 Å². The van der Waals surface area contributed by atoms with Gasteiger partial charge in [0.25, 0.3) is 0 Å². The number of carbonyl (C=O) groups excluding carboxylic acids is 1. The minimum absolute atomic E-state index is 0. The van der Waals surface area contributed by atoms with Crippen LogP contribution >= 0.6 is 12.4 Å². The Morgan fingerprint density at radius 1 is 1.40 bits per heavy atom. The van der Waals surface area contributed by atoms with E-state index in [1.807, 2.05) is 13.8 Å². The zero-order valence-corrected chi connectivity index (χ0v) is 7.53. The van der Waals surface area contributed by atoms with E-state index in [1.165, 1.54) is 7.11 Å². The summed E-state index contributed by atoms with van der Waals surface area (Å²) in [4.78, 5) is 10.8. The summed E-state index contributed by atoms with van der Waals surface area (Å²) >= 11 is 0. The van der Waals surface area contributed by atoms with Gasteiger partial charge in [0.05, 0.1) is 13.0 Å². The van der Waals surface area contributed by atoms with Crippen molar-refractivity contribution in [2.24, 2.45) is 5.92 Å². The summed E-state index contributed by atoms with van der Waals surface area (Å²) < 4.78 is 4.56. The first kappa shape index (κ1) is 12.4. The van der Waals surface area contributed by atoms with E-state index in [-0.39, 0.29) is 24.3 Å². The Bertz CT molecular complexity index is 89.6. The summed E-state index contributed by atoms with van der Waals surface area (Å²) in [7, 11) is 1.43. The molecule has 0 aliphatic heterocycles. The molecular formula is C7H15ClO2. The summed E-state index contributed by atoms with van der Waals surface area (Å²) in [6.07, 6.45) is 1.76. The molecule has 10 heavy (non-hydrogen) atoms. The lowest BCUT2D eigenvalue weighted by Gasteiger charge is -2.07.